The van der Waals surface area contributed by atoms with E-state index in [-0.39, 0.29) is 30.7 Å². The number of carbonyl (C=O) groups excluding carboxylic acids is 3. The summed E-state index contributed by atoms with van der Waals surface area (Å²) in [5, 5.41) is 4.30. The van der Waals surface area contributed by atoms with E-state index < -0.39 is 0 Å². The fourth-order valence-corrected chi connectivity index (χ4v) is 3.89. The van der Waals surface area contributed by atoms with Crippen LogP contribution in [-0.4, -0.2) is 39.1 Å². The normalized spacial score (nSPS) is 13.3. The van der Waals surface area contributed by atoms with Crippen molar-refractivity contribution in [3.8, 4) is 0 Å². The monoisotopic (exact) mass is 398 g/mol. The number of imidazole rings is 1. The topological polar surface area (TPSA) is 95.2 Å². The van der Waals surface area contributed by atoms with Gasteiger partial charge in [0.1, 0.15) is 0 Å². The smallest absolute Gasteiger partial charge is 0.261 e. The van der Waals surface area contributed by atoms with Crippen LogP contribution in [0.2, 0.25) is 0 Å². The van der Waals surface area contributed by atoms with Crippen LogP contribution in [-0.2, 0) is 4.79 Å². The van der Waals surface area contributed by atoms with E-state index in [0.29, 0.717) is 28.9 Å². The zero-order chi connectivity index (χ0) is 20.7. The highest BCUT2D eigenvalue weighted by molar-refractivity contribution is 6.25. The molecule has 3 amide bonds. The Morgan fingerprint density at radius 1 is 0.933 bits per heavy atom. The minimum Gasteiger partial charge on any atom is -0.324 e. The fraction of sp³-hybridized carbons (Fsp3) is 0.130. The van der Waals surface area contributed by atoms with Gasteiger partial charge >= 0.3 is 0 Å². The van der Waals surface area contributed by atoms with Gasteiger partial charge in [-0.2, -0.15) is 0 Å². The van der Waals surface area contributed by atoms with E-state index in [0.717, 1.165) is 16.4 Å². The Kier molecular flexibility index (Phi) is 4.28. The highest BCUT2D eigenvalue weighted by Crippen LogP contribution is 2.30. The van der Waals surface area contributed by atoms with E-state index in [2.05, 4.69) is 15.3 Å². The zero-order valence-electron chi connectivity index (χ0n) is 16.0. The maximum atomic E-state index is 12.9. The first kappa shape index (κ1) is 18.1. The summed E-state index contributed by atoms with van der Waals surface area (Å²) in [6.45, 7) is 0.177. The van der Waals surface area contributed by atoms with Gasteiger partial charge in [-0.05, 0) is 36.1 Å². The predicted molar refractivity (Wildman–Crippen MR) is 113 cm³/mol. The van der Waals surface area contributed by atoms with E-state index in [1.807, 2.05) is 48.5 Å². The summed E-state index contributed by atoms with van der Waals surface area (Å²) in [7, 11) is 0. The average molecular weight is 398 g/mol. The summed E-state index contributed by atoms with van der Waals surface area (Å²) in [6, 6.07) is 18.4. The number of nitrogens with one attached hydrogen (secondary N) is 2. The first-order valence-corrected chi connectivity index (χ1v) is 9.74. The standard InChI is InChI=1S/C23H18N4O3/c28-19(26-23-24-17-10-1-2-11-18(17)25-23)12-5-13-27-21(29)15-8-3-6-14-7-4-9-16(20(14)15)22(27)30/h1-4,6-11H,5,12-13H2,(H2,24,25,26,28). The molecular formula is C23H18N4O3. The number of rotatable bonds is 5. The maximum absolute atomic E-state index is 12.9. The lowest BCUT2D eigenvalue weighted by molar-refractivity contribution is -0.116. The molecule has 148 valence electrons. The third-order valence-corrected chi connectivity index (χ3v) is 5.29. The Hall–Kier alpha value is -4.00. The predicted octanol–water partition coefficient (Wildman–Crippen LogP) is 3.73. The number of aromatic amines is 1. The van der Waals surface area contributed by atoms with Crippen LogP contribution < -0.4 is 5.32 Å². The van der Waals surface area contributed by atoms with Crippen LogP contribution in [0.5, 0.6) is 0 Å². The largest absolute Gasteiger partial charge is 0.324 e. The number of benzene rings is 3. The molecule has 1 aliphatic heterocycles. The Balaban J connectivity index is 1.26. The van der Waals surface area contributed by atoms with Crippen molar-refractivity contribution in [2.45, 2.75) is 12.8 Å². The van der Waals surface area contributed by atoms with Crippen molar-refractivity contribution in [1.29, 1.82) is 0 Å². The molecular weight excluding hydrogens is 380 g/mol. The molecule has 3 aromatic carbocycles. The minimum absolute atomic E-state index is 0.167. The number of aromatic nitrogens is 2. The third kappa shape index (κ3) is 3.00. The number of amides is 3. The molecule has 1 aromatic heterocycles. The maximum Gasteiger partial charge on any atom is 0.261 e. The summed E-state index contributed by atoms with van der Waals surface area (Å²) >= 11 is 0. The van der Waals surface area contributed by atoms with Gasteiger partial charge in [0.25, 0.3) is 11.8 Å². The van der Waals surface area contributed by atoms with Crippen molar-refractivity contribution >= 4 is 45.5 Å². The molecule has 0 atom stereocenters. The third-order valence-electron chi connectivity index (χ3n) is 5.29. The molecule has 2 heterocycles. The molecule has 0 aliphatic carbocycles. The summed E-state index contributed by atoms with van der Waals surface area (Å²) < 4.78 is 0. The summed E-state index contributed by atoms with van der Waals surface area (Å²) in [4.78, 5) is 46.6. The lowest BCUT2D eigenvalue weighted by Gasteiger charge is -2.27. The number of hydrogen-bond acceptors (Lipinski definition) is 4. The molecule has 1 aliphatic rings. The van der Waals surface area contributed by atoms with Crippen molar-refractivity contribution in [2.24, 2.45) is 0 Å². The van der Waals surface area contributed by atoms with Crippen molar-refractivity contribution in [3.05, 3.63) is 71.8 Å². The highest BCUT2D eigenvalue weighted by Gasteiger charge is 2.32. The van der Waals surface area contributed by atoms with E-state index in [1.165, 1.54) is 4.90 Å². The molecule has 30 heavy (non-hydrogen) atoms. The molecule has 7 nitrogen and oxygen atoms in total. The van der Waals surface area contributed by atoms with Crippen LogP contribution in [0.3, 0.4) is 0 Å². The molecule has 0 unspecified atom stereocenters. The van der Waals surface area contributed by atoms with E-state index in [9.17, 15) is 14.4 Å². The molecule has 0 saturated carbocycles. The minimum atomic E-state index is -0.318. The van der Waals surface area contributed by atoms with Gasteiger partial charge in [0.15, 0.2) is 0 Å². The lowest BCUT2D eigenvalue weighted by atomic mass is 9.94. The molecule has 4 aromatic rings. The van der Waals surface area contributed by atoms with Gasteiger partial charge in [-0.3, -0.25) is 24.6 Å². The summed E-state index contributed by atoms with van der Waals surface area (Å²) in [6.07, 6.45) is 0.529. The van der Waals surface area contributed by atoms with Crippen LogP contribution in [0.1, 0.15) is 33.6 Å². The Morgan fingerprint density at radius 3 is 2.33 bits per heavy atom. The quantitative estimate of drug-likeness (QED) is 0.501. The van der Waals surface area contributed by atoms with E-state index in [4.69, 9.17) is 0 Å². The molecule has 0 radical (unpaired) electrons. The van der Waals surface area contributed by atoms with Crippen LogP contribution in [0.25, 0.3) is 21.8 Å². The first-order chi connectivity index (χ1) is 14.6. The van der Waals surface area contributed by atoms with Gasteiger partial charge < -0.3 is 4.98 Å². The highest BCUT2D eigenvalue weighted by atomic mass is 16.2. The van der Waals surface area contributed by atoms with Crippen LogP contribution in [0.15, 0.2) is 60.7 Å². The number of hydrogen-bond donors (Lipinski definition) is 2. The number of H-pyrrole nitrogens is 1. The van der Waals surface area contributed by atoms with Crippen molar-refractivity contribution in [1.82, 2.24) is 14.9 Å². The summed E-state index contributed by atoms with van der Waals surface area (Å²) in [5.74, 6) is -0.482. The number of para-hydroxylation sites is 2. The first-order valence-electron chi connectivity index (χ1n) is 9.74. The number of imide groups is 1. The van der Waals surface area contributed by atoms with Crippen LogP contribution in [0, 0.1) is 0 Å². The fourth-order valence-electron chi connectivity index (χ4n) is 3.89. The molecule has 0 saturated heterocycles. The second kappa shape index (κ2) is 7.11. The van der Waals surface area contributed by atoms with Crippen LogP contribution in [0.4, 0.5) is 5.95 Å². The lowest BCUT2D eigenvalue weighted by Crippen LogP contribution is -2.41. The molecule has 5 rings (SSSR count). The molecule has 0 bridgehead atoms. The van der Waals surface area contributed by atoms with Gasteiger partial charge in [-0.15, -0.1) is 0 Å². The Bertz CT molecular complexity index is 1240. The van der Waals surface area contributed by atoms with Gasteiger partial charge in [0.2, 0.25) is 11.9 Å². The van der Waals surface area contributed by atoms with E-state index in [1.54, 1.807) is 12.1 Å². The van der Waals surface area contributed by atoms with Crippen molar-refractivity contribution < 1.29 is 14.4 Å². The number of fused-ring (bicyclic) bond motifs is 1. The van der Waals surface area contributed by atoms with Crippen molar-refractivity contribution in [3.63, 3.8) is 0 Å². The molecule has 0 spiro atoms. The number of nitrogens with zero attached hydrogens (tertiary/aromatic N) is 2. The molecule has 2 N–H and O–H groups in total. The Morgan fingerprint density at radius 2 is 1.63 bits per heavy atom. The van der Waals surface area contributed by atoms with Gasteiger partial charge in [0.05, 0.1) is 11.0 Å². The van der Waals surface area contributed by atoms with E-state index >= 15 is 0 Å². The van der Waals surface area contributed by atoms with Gasteiger partial charge in [-0.1, -0.05) is 36.4 Å². The second-order valence-electron chi connectivity index (χ2n) is 7.23. The summed E-state index contributed by atoms with van der Waals surface area (Å²) in [5.41, 5.74) is 2.65. The number of anilines is 1. The Labute approximate surface area is 171 Å². The van der Waals surface area contributed by atoms with Gasteiger partial charge in [-0.25, -0.2) is 4.98 Å². The van der Waals surface area contributed by atoms with Crippen molar-refractivity contribution in [2.75, 3.05) is 11.9 Å². The van der Waals surface area contributed by atoms with Crippen LogP contribution >= 0.6 is 0 Å². The number of carbonyl (C=O) groups is 3. The zero-order valence-corrected chi connectivity index (χ0v) is 16.0. The second-order valence-corrected chi connectivity index (χ2v) is 7.23. The average Bonchev–Trinajstić information content (AvgIpc) is 3.16. The SMILES string of the molecule is O=C(CCCN1C(=O)c2cccc3cccc(c23)C1=O)Nc1nc2ccccc2[nH]1. The molecule has 0 fully saturated rings. The molecule has 7 heteroatoms. The van der Waals surface area contributed by atoms with Gasteiger partial charge in [0, 0.05) is 29.5 Å².